The lowest BCUT2D eigenvalue weighted by Gasteiger charge is -2.22. The number of hydrogen-bond acceptors (Lipinski definition) is 10. The fourth-order valence-corrected chi connectivity index (χ4v) is 2.77. The van der Waals surface area contributed by atoms with Crippen molar-refractivity contribution in [2.24, 2.45) is 17.6 Å². The van der Waals surface area contributed by atoms with Gasteiger partial charge in [0.05, 0.1) is 17.9 Å². The molecular formula is C27H41NO9. The predicted octanol–water partition coefficient (Wildman–Crippen LogP) is 4.34. The average molecular weight is 524 g/mol. The Bertz CT molecular complexity index is 930. The molecule has 0 aromatic heterocycles. The van der Waals surface area contributed by atoms with Gasteiger partial charge in [0.1, 0.15) is 18.2 Å². The molecule has 0 aliphatic heterocycles. The molecule has 10 nitrogen and oxygen atoms in total. The van der Waals surface area contributed by atoms with Crippen LogP contribution in [0, 0.1) is 11.8 Å². The summed E-state index contributed by atoms with van der Waals surface area (Å²) >= 11 is 0. The topological polar surface area (TPSA) is 140 Å². The summed E-state index contributed by atoms with van der Waals surface area (Å²) in [5, 5.41) is 0. The number of carbonyl (C=O) groups excluding carboxylic acids is 4. The number of hydrogen-bond donors (Lipinski definition) is 1. The number of carbonyl (C=O) groups is 4. The van der Waals surface area contributed by atoms with Crippen molar-refractivity contribution in [3.63, 3.8) is 0 Å². The third-order valence-electron chi connectivity index (χ3n) is 5.79. The number of benzene rings is 1. The molecule has 0 fully saturated rings. The van der Waals surface area contributed by atoms with Crippen molar-refractivity contribution in [3.8, 4) is 11.5 Å². The van der Waals surface area contributed by atoms with Gasteiger partial charge in [-0.05, 0) is 64.7 Å². The van der Waals surface area contributed by atoms with Crippen LogP contribution >= 0.6 is 0 Å². The summed E-state index contributed by atoms with van der Waals surface area (Å²) in [4.78, 5) is 49.0. The number of nitrogens with two attached hydrogens (primary N) is 1. The van der Waals surface area contributed by atoms with Gasteiger partial charge in [0.2, 0.25) is 0 Å². The lowest BCUT2D eigenvalue weighted by atomic mass is 10.1. The lowest BCUT2D eigenvalue weighted by molar-refractivity contribution is -0.155. The molecule has 208 valence electrons. The van der Waals surface area contributed by atoms with Crippen LogP contribution in [-0.2, 0) is 35.0 Å². The smallest absolute Gasteiger partial charge is 0.458 e. The van der Waals surface area contributed by atoms with Crippen LogP contribution in [0.3, 0.4) is 0 Å². The van der Waals surface area contributed by atoms with Gasteiger partial charge in [-0.25, -0.2) is 4.79 Å². The van der Waals surface area contributed by atoms with E-state index in [0.717, 1.165) is 0 Å². The Balaban J connectivity index is 2.95. The number of esters is 3. The molecule has 0 heterocycles. The quantitative estimate of drug-likeness (QED) is 0.293. The summed E-state index contributed by atoms with van der Waals surface area (Å²) in [6, 6.07) is 3.60. The summed E-state index contributed by atoms with van der Waals surface area (Å²) in [6.07, 6.45) is -1.50. The summed E-state index contributed by atoms with van der Waals surface area (Å²) in [5.41, 5.74) is 6.63. The Kier molecular flexibility index (Phi) is 13.1. The molecule has 0 aliphatic carbocycles. The highest BCUT2D eigenvalue weighted by Gasteiger charge is 2.26. The summed E-state index contributed by atoms with van der Waals surface area (Å²) in [7, 11) is 0. The van der Waals surface area contributed by atoms with Crippen LogP contribution in [0.25, 0.3) is 0 Å². The number of rotatable bonds is 13. The molecule has 1 aromatic carbocycles. The monoisotopic (exact) mass is 523 g/mol. The van der Waals surface area contributed by atoms with Gasteiger partial charge in [-0.2, -0.15) is 0 Å². The molecular weight excluding hydrogens is 482 g/mol. The minimum absolute atomic E-state index is 0.0592. The van der Waals surface area contributed by atoms with Gasteiger partial charge in [-0.3, -0.25) is 14.4 Å². The van der Waals surface area contributed by atoms with Crippen molar-refractivity contribution in [2.75, 3.05) is 0 Å². The normalized spacial score (nSPS) is 15.1. The van der Waals surface area contributed by atoms with Crippen LogP contribution in [-0.4, -0.2) is 48.4 Å². The van der Waals surface area contributed by atoms with Gasteiger partial charge >= 0.3 is 24.1 Å². The highest BCUT2D eigenvalue weighted by molar-refractivity contribution is 5.79. The predicted molar refractivity (Wildman–Crippen MR) is 136 cm³/mol. The molecule has 0 saturated heterocycles. The van der Waals surface area contributed by atoms with Crippen LogP contribution in [0.4, 0.5) is 4.79 Å². The minimum atomic E-state index is -1.05. The zero-order valence-corrected chi connectivity index (χ0v) is 23.1. The van der Waals surface area contributed by atoms with Crippen molar-refractivity contribution >= 4 is 24.1 Å². The second-order valence-corrected chi connectivity index (χ2v) is 9.43. The third kappa shape index (κ3) is 10.8. The molecule has 0 spiro atoms. The molecule has 0 radical (unpaired) electrons. The van der Waals surface area contributed by atoms with E-state index in [0.29, 0.717) is 18.4 Å². The summed E-state index contributed by atoms with van der Waals surface area (Å²) < 4.78 is 26.4. The molecule has 1 rings (SSSR count). The summed E-state index contributed by atoms with van der Waals surface area (Å²) in [5.74, 6) is -2.13. The molecule has 37 heavy (non-hydrogen) atoms. The molecule has 5 atom stereocenters. The van der Waals surface area contributed by atoms with Gasteiger partial charge in [0.15, 0.2) is 11.5 Å². The molecule has 0 bridgehead atoms. The fourth-order valence-electron chi connectivity index (χ4n) is 2.77. The van der Waals surface area contributed by atoms with E-state index in [1.807, 2.05) is 13.8 Å². The maximum Gasteiger partial charge on any atom is 0.508 e. The third-order valence-corrected chi connectivity index (χ3v) is 5.79. The van der Waals surface area contributed by atoms with Crippen LogP contribution < -0.4 is 15.2 Å². The molecule has 10 heteroatoms. The van der Waals surface area contributed by atoms with Crippen LogP contribution in [0.5, 0.6) is 11.5 Å². The summed E-state index contributed by atoms with van der Waals surface area (Å²) in [6.45, 7) is 13.7. The zero-order valence-electron chi connectivity index (χ0n) is 23.1. The maximum atomic E-state index is 12.6. The lowest BCUT2D eigenvalue weighted by Crippen LogP contribution is -2.39. The maximum absolute atomic E-state index is 12.6. The van der Waals surface area contributed by atoms with E-state index < -0.39 is 42.3 Å². The molecule has 0 amide bonds. The minimum Gasteiger partial charge on any atom is -0.458 e. The van der Waals surface area contributed by atoms with Gasteiger partial charge < -0.3 is 29.4 Å². The Morgan fingerprint density at radius 2 is 1.24 bits per heavy atom. The van der Waals surface area contributed by atoms with Crippen molar-refractivity contribution in [3.05, 3.63) is 23.8 Å². The van der Waals surface area contributed by atoms with Gasteiger partial charge in [0, 0.05) is 0 Å². The Morgan fingerprint density at radius 3 is 1.76 bits per heavy atom. The first-order valence-electron chi connectivity index (χ1n) is 12.7. The van der Waals surface area contributed by atoms with E-state index in [1.54, 1.807) is 47.6 Å². The van der Waals surface area contributed by atoms with Crippen LogP contribution in [0.2, 0.25) is 0 Å². The van der Waals surface area contributed by atoms with Crippen LogP contribution in [0.15, 0.2) is 18.2 Å². The standard InChI is InChI=1S/C27H41NO9/c1-9-16(5)24(29)36-22-12-11-20(14-23(22)37-25(30)17(6)10-2)13-21(28)26(31)34-18(7)19(8)35-27(32)33-15(3)4/h11-12,14-19,21H,9-10,13,28H2,1-8H3/t16?,17?,18-,19?,21-/m0/s1. The Morgan fingerprint density at radius 1 is 0.730 bits per heavy atom. The van der Waals surface area contributed by atoms with Crippen molar-refractivity contribution in [1.82, 2.24) is 0 Å². The highest BCUT2D eigenvalue weighted by Crippen LogP contribution is 2.31. The van der Waals surface area contributed by atoms with E-state index in [-0.39, 0.29) is 35.9 Å². The molecule has 0 aliphatic rings. The fraction of sp³-hybridized carbons (Fsp3) is 0.630. The Hall–Kier alpha value is -3.14. The molecule has 3 unspecified atom stereocenters. The first kappa shape index (κ1) is 31.9. The van der Waals surface area contributed by atoms with E-state index in [9.17, 15) is 19.2 Å². The van der Waals surface area contributed by atoms with E-state index >= 15 is 0 Å². The van der Waals surface area contributed by atoms with E-state index in [4.69, 9.17) is 29.4 Å². The second-order valence-electron chi connectivity index (χ2n) is 9.43. The van der Waals surface area contributed by atoms with Gasteiger partial charge in [-0.1, -0.05) is 33.8 Å². The van der Waals surface area contributed by atoms with Crippen molar-refractivity contribution in [1.29, 1.82) is 0 Å². The van der Waals surface area contributed by atoms with Crippen molar-refractivity contribution in [2.45, 2.75) is 99.0 Å². The first-order chi connectivity index (χ1) is 17.3. The van der Waals surface area contributed by atoms with E-state index in [1.165, 1.54) is 12.1 Å². The highest BCUT2D eigenvalue weighted by atomic mass is 16.7. The SMILES string of the molecule is CCC(C)C(=O)Oc1ccc(C[C@H](N)C(=O)O[C@@H](C)C(C)OC(=O)OC(C)C)cc1OC(=O)C(C)CC. The molecule has 2 N–H and O–H groups in total. The number of ether oxygens (including phenoxy) is 5. The molecule has 1 aromatic rings. The van der Waals surface area contributed by atoms with Gasteiger partial charge in [0.25, 0.3) is 0 Å². The van der Waals surface area contributed by atoms with E-state index in [2.05, 4.69) is 0 Å². The largest absolute Gasteiger partial charge is 0.508 e. The second kappa shape index (κ2) is 15.2. The average Bonchev–Trinajstić information content (AvgIpc) is 2.83. The van der Waals surface area contributed by atoms with Crippen LogP contribution in [0.1, 0.15) is 73.8 Å². The van der Waals surface area contributed by atoms with Crippen molar-refractivity contribution < 1.29 is 42.9 Å². The zero-order chi connectivity index (χ0) is 28.3. The van der Waals surface area contributed by atoms with Gasteiger partial charge in [-0.15, -0.1) is 0 Å². The first-order valence-corrected chi connectivity index (χ1v) is 12.7. The Labute approximate surface area is 219 Å². The molecule has 0 saturated carbocycles.